The van der Waals surface area contributed by atoms with Gasteiger partial charge in [0.1, 0.15) is 5.82 Å². The Bertz CT molecular complexity index is 488. The van der Waals surface area contributed by atoms with E-state index in [1.807, 2.05) is 12.1 Å². The monoisotopic (exact) mass is 337 g/mol. The molecule has 0 aliphatic heterocycles. The molecule has 1 nitrogen and oxygen atoms in total. The second-order valence-corrected chi connectivity index (χ2v) is 7.99. The number of rotatable bonds is 3. The fourth-order valence-electron chi connectivity index (χ4n) is 5.15. The number of hydrogen-bond acceptors (Lipinski definition) is 1. The van der Waals surface area contributed by atoms with Crippen LogP contribution in [0.25, 0.3) is 0 Å². The lowest BCUT2D eigenvalue weighted by atomic mass is 9.54. The third-order valence-electron chi connectivity index (χ3n) is 5.77. The van der Waals surface area contributed by atoms with Crippen molar-refractivity contribution in [2.75, 3.05) is 0 Å². The average molecular weight is 338 g/mol. The molecule has 0 saturated heterocycles. The van der Waals surface area contributed by atoms with Crippen LogP contribution >= 0.6 is 15.9 Å². The van der Waals surface area contributed by atoms with Gasteiger partial charge in [0, 0.05) is 22.6 Å². The van der Waals surface area contributed by atoms with Gasteiger partial charge in [0.25, 0.3) is 0 Å². The van der Waals surface area contributed by atoms with Crippen LogP contribution in [-0.2, 0) is 6.54 Å². The van der Waals surface area contributed by atoms with Crippen LogP contribution in [0.15, 0.2) is 22.7 Å². The Balaban J connectivity index is 1.44. The van der Waals surface area contributed by atoms with Gasteiger partial charge in [-0.25, -0.2) is 4.39 Å². The van der Waals surface area contributed by atoms with Crippen LogP contribution in [0.1, 0.15) is 37.7 Å². The van der Waals surface area contributed by atoms with E-state index in [1.165, 1.54) is 32.1 Å². The van der Waals surface area contributed by atoms with Gasteiger partial charge in [0.05, 0.1) is 0 Å². The molecule has 20 heavy (non-hydrogen) atoms. The Hall–Kier alpha value is -0.410. The maximum absolute atomic E-state index is 13.9. The van der Waals surface area contributed by atoms with Crippen LogP contribution in [-0.4, -0.2) is 6.04 Å². The van der Waals surface area contributed by atoms with Crippen molar-refractivity contribution in [3.63, 3.8) is 0 Å². The molecule has 0 spiro atoms. The zero-order valence-electron chi connectivity index (χ0n) is 11.6. The molecule has 1 aromatic carbocycles. The van der Waals surface area contributed by atoms with Crippen LogP contribution in [0, 0.1) is 29.5 Å². The summed E-state index contributed by atoms with van der Waals surface area (Å²) in [5.41, 5.74) is 0.794. The van der Waals surface area contributed by atoms with Gasteiger partial charge in [0.15, 0.2) is 0 Å². The maximum atomic E-state index is 13.9. The Morgan fingerprint density at radius 1 is 1.05 bits per heavy atom. The molecular formula is C17H21BrFN. The summed E-state index contributed by atoms with van der Waals surface area (Å²) < 4.78 is 14.7. The number of halogens is 2. The van der Waals surface area contributed by atoms with Gasteiger partial charge < -0.3 is 5.32 Å². The van der Waals surface area contributed by atoms with Crippen molar-refractivity contribution in [3.8, 4) is 0 Å². The van der Waals surface area contributed by atoms with Crippen LogP contribution in [0.3, 0.4) is 0 Å². The Labute approximate surface area is 128 Å². The summed E-state index contributed by atoms with van der Waals surface area (Å²) in [6, 6.07) is 6.01. The highest BCUT2D eigenvalue weighted by Gasteiger charge is 2.47. The molecule has 0 unspecified atom stereocenters. The highest BCUT2D eigenvalue weighted by molar-refractivity contribution is 9.10. The molecule has 5 rings (SSSR count). The molecule has 0 heterocycles. The van der Waals surface area contributed by atoms with E-state index in [0.717, 1.165) is 33.7 Å². The second kappa shape index (κ2) is 5.10. The Morgan fingerprint density at radius 2 is 1.70 bits per heavy atom. The highest BCUT2D eigenvalue weighted by atomic mass is 79.9. The van der Waals surface area contributed by atoms with E-state index in [4.69, 9.17) is 0 Å². The van der Waals surface area contributed by atoms with Gasteiger partial charge in [-0.2, -0.15) is 0 Å². The highest BCUT2D eigenvalue weighted by Crippen LogP contribution is 2.53. The van der Waals surface area contributed by atoms with Crippen molar-refractivity contribution >= 4 is 15.9 Å². The summed E-state index contributed by atoms with van der Waals surface area (Å²) in [5, 5.41) is 3.69. The first-order valence-electron chi connectivity index (χ1n) is 7.86. The fourth-order valence-corrected chi connectivity index (χ4v) is 5.48. The minimum Gasteiger partial charge on any atom is -0.309 e. The van der Waals surface area contributed by atoms with E-state index in [2.05, 4.69) is 21.2 Å². The van der Waals surface area contributed by atoms with Crippen LogP contribution in [0.5, 0.6) is 0 Å². The standard InChI is InChI=1S/C17H21BrFN/c18-15-2-1-12(16(19)8-15)9-20-17-13-4-10-3-11(6-13)7-14(17)5-10/h1-2,8,10-11,13-14,17,20H,3-7,9H2. The minimum absolute atomic E-state index is 0.101. The first kappa shape index (κ1) is 13.3. The van der Waals surface area contributed by atoms with Crippen LogP contribution in [0.4, 0.5) is 4.39 Å². The Kier molecular flexibility index (Phi) is 3.38. The molecule has 4 fully saturated rings. The first-order valence-corrected chi connectivity index (χ1v) is 8.65. The largest absolute Gasteiger partial charge is 0.309 e. The summed E-state index contributed by atoms with van der Waals surface area (Å²) in [4.78, 5) is 0. The van der Waals surface area contributed by atoms with Crippen LogP contribution < -0.4 is 5.32 Å². The number of nitrogens with one attached hydrogen (secondary N) is 1. The van der Waals surface area contributed by atoms with E-state index >= 15 is 0 Å². The van der Waals surface area contributed by atoms with Crippen molar-refractivity contribution in [2.24, 2.45) is 23.7 Å². The molecule has 3 heteroatoms. The van der Waals surface area contributed by atoms with Crippen molar-refractivity contribution in [1.82, 2.24) is 5.32 Å². The quantitative estimate of drug-likeness (QED) is 0.856. The summed E-state index contributed by atoms with van der Waals surface area (Å²) in [7, 11) is 0. The zero-order valence-corrected chi connectivity index (χ0v) is 13.2. The minimum atomic E-state index is -0.101. The normalized spacial score (nSPS) is 38.4. The molecule has 4 saturated carbocycles. The third kappa shape index (κ3) is 2.33. The maximum Gasteiger partial charge on any atom is 0.128 e. The summed E-state index contributed by atoms with van der Waals surface area (Å²) in [6.45, 7) is 0.673. The topological polar surface area (TPSA) is 12.0 Å². The van der Waals surface area contributed by atoms with Gasteiger partial charge in [0.2, 0.25) is 0 Å². The van der Waals surface area contributed by atoms with Gasteiger partial charge in [-0.05, 0) is 67.9 Å². The SMILES string of the molecule is Fc1cc(Br)ccc1CNC1C2CC3CC(C2)CC1C3. The second-order valence-electron chi connectivity index (χ2n) is 7.07. The van der Waals surface area contributed by atoms with E-state index in [1.54, 1.807) is 6.07 Å². The third-order valence-corrected chi connectivity index (χ3v) is 6.26. The van der Waals surface area contributed by atoms with Crippen molar-refractivity contribution in [3.05, 3.63) is 34.1 Å². The van der Waals surface area contributed by atoms with E-state index in [0.29, 0.717) is 12.6 Å². The molecule has 4 aliphatic rings. The predicted octanol–water partition coefficient (Wildman–Crippen LogP) is 4.50. The predicted molar refractivity (Wildman–Crippen MR) is 81.8 cm³/mol. The summed E-state index contributed by atoms with van der Waals surface area (Å²) >= 11 is 3.31. The summed E-state index contributed by atoms with van der Waals surface area (Å²) in [6.07, 6.45) is 7.13. The van der Waals surface area contributed by atoms with E-state index in [9.17, 15) is 4.39 Å². The Morgan fingerprint density at radius 3 is 2.30 bits per heavy atom. The van der Waals surface area contributed by atoms with Gasteiger partial charge in [-0.3, -0.25) is 0 Å². The molecule has 0 atom stereocenters. The molecular weight excluding hydrogens is 317 g/mol. The van der Waals surface area contributed by atoms with Crippen molar-refractivity contribution in [1.29, 1.82) is 0 Å². The molecule has 1 aromatic rings. The van der Waals surface area contributed by atoms with Gasteiger partial charge in [-0.1, -0.05) is 22.0 Å². The van der Waals surface area contributed by atoms with Gasteiger partial charge in [-0.15, -0.1) is 0 Å². The number of benzene rings is 1. The van der Waals surface area contributed by atoms with Crippen LogP contribution in [0.2, 0.25) is 0 Å². The lowest BCUT2D eigenvalue weighted by molar-refractivity contribution is -0.0143. The average Bonchev–Trinajstić information content (AvgIpc) is 2.39. The fraction of sp³-hybridized carbons (Fsp3) is 0.647. The van der Waals surface area contributed by atoms with E-state index in [-0.39, 0.29) is 5.82 Å². The smallest absolute Gasteiger partial charge is 0.128 e. The summed E-state index contributed by atoms with van der Waals surface area (Å²) in [5.74, 6) is 3.60. The molecule has 0 amide bonds. The molecule has 0 aromatic heterocycles. The number of hydrogen-bond donors (Lipinski definition) is 1. The zero-order chi connectivity index (χ0) is 13.7. The van der Waals surface area contributed by atoms with Crippen molar-refractivity contribution < 1.29 is 4.39 Å². The molecule has 0 radical (unpaired) electrons. The van der Waals surface area contributed by atoms with Gasteiger partial charge >= 0.3 is 0 Å². The lowest BCUT2D eigenvalue weighted by Crippen LogP contribution is -2.54. The molecule has 4 bridgehead atoms. The molecule has 4 aliphatic carbocycles. The lowest BCUT2D eigenvalue weighted by Gasteiger charge is -2.54. The van der Waals surface area contributed by atoms with E-state index < -0.39 is 0 Å². The molecule has 108 valence electrons. The molecule has 1 N–H and O–H groups in total. The van der Waals surface area contributed by atoms with Crippen molar-refractivity contribution in [2.45, 2.75) is 44.7 Å². The first-order chi connectivity index (χ1) is 9.69.